The van der Waals surface area contributed by atoms with E-state index in [1.807, 2.05) is 0 Å². The van der Waals surface area contributed by atoms with Gasteiger partial charge in [-0.1, -0.05) is 18.2 Å². The van der Waals surface area contributed by atoms with Crippen molar-refractivity contribution in [1.29, 1.82) is 0 Å². The van der Waals surface area contributed by atoms with Crippen LogP contribution in [-0.4, -0.2) is 23.7 Å². The van der Waals surface area contributed by atoms with Gasteiger partial charge in [-0.15, -0.1) is 0 Å². The summed E-state index contributed by atoms with van der Waals surface area (Å²) in [7, 11) is 0. The van der Waals surface area contributed by atoms with Gasteiger partial charge < -0.3 is 15.2 Å². The first-order valence-electron chi connectivity index (χ1n) is 10.1. The van der Waals surface area contributed by atoms with Crippen molar-refractivity contribution in [3.05, 3.63) is 59.7 Å². The third-order valence-corrected chi connectivity index (χ3v) is 6.70. The first-order chi connectivity index (χ1) is 14.5. The van der Waals surface area contributed by atoms with E-state index in [4.69, 9.17) is 0 Å². The predicted octanol–water partition coefficient (Wildman–Crippen LogP) is 1.84. The summed E-state index contributed by atoms with van der Waals surface area (Å²) >= 11 is 0. The summed E-state index contributed by atoms with van der Waals surface area (Å²) in [6.07, 6.45) is 3.03. The van der Waals surface area contributed by atoms with Crippen LogP contribution in [-0.2, 0) is 9.59 Å². The fourth-order valence-electron chi connectivity index (χ4n) is 5.41. The number of carbonyl (C=O) groups excluding carboxylic acids is 4. The number of amides is 3. The van der Waals surface area contributed by atoms with Gasteiger partial charge in [0.1, 0.15) is 0 Å². The molecule has 1 heterocycles. The monoisotopic (exact) mass is 403 g/mol. The number of hydrogen-bond donors (Lipinski definition) is 1. The third-order valence-electron chi connectivity index (χ3n) is 6.70. The molecule has 1 saturated heterocycles. The van der Waals surface area contributed by atoms with Gasteiger partial charge in [-0.25, -0.2) is 0 Å². The Kier molecular flexibility index (Phi) is 4.20. The Hall–Kier alpha value is -3.48. The van der Waals surface area contributed by atoms with Crippen molar-refractivity contribution >= 4 is 35.1 Å². The van der Waals surface area contributed by atoms with Crippen molar-refractivity contribution in [3.8, 4) is 0 Å². The number of imide groups is 1. The van der Waals surface area contributed by atoms with Crippen molar-refractivity contribution in [1.82, 2.24) is 0 Å². The summed E-state index contributed by atoms with van der Waals surface area (Å²) in [6, 6.07) is 12.2. The van der Waals surface area contributed by atoms with Crippen LogP contribution < -0.4 is 15.3 Å². The van der Waals surface area contributed by atoms with Crippen molar-refractivity contribution in [3.63, 3.8) is 0 Å². The van der Waals surface area contributed by atoms with Crippen LogP contribution in [0.3, 0.4) is 0 Å². The zero-order valence-electron chi connectivity index (χ0n) is 16.0. The summed E-state index contributed by atoms with van der Waals surface area (Å²) in [5.41, 5.74) is 0.721. The number of aromatic carboxylic acids is 1. The molecule has 0 radical (unpaired) electrons. The molecule has 0 spiro atoms. The molecule has 2 aromatic rings. The van der Waals surface area contributed by atoms with E-state index in [9.17, 15) is 24.3 Å². The third kappa shape index (κ3) is 2.73. The number of carbonyl (C=O) groups is 4. The molecule has 1 N–H and O–H groups in total. The summed E-state index contributed by atoms with van der Waals surface area (Å²) in [5, 5.41) is 13.8. The molecule has 1 aliphatic heterocycles. The van der Waals surface area contributed by atoms with Crippen LogP contribution in [0.25, 0.3) is 0 Å². The van der Waals surface area contributed by atoms with E-state index in [1.54, 1.807) is 30.3 Å². The van der Waals surface area contributed by atoms with Crippen LogP contribution in [0.5, 0.6) is 0 Å². The lowest BCUT2D eigenvalue weighted by atomic mass is 9.81. The van der Waals surface area contributed by atoms with Crippen LogP contribution in [0, 0.1) is 23.7 Å². The van der Waals surface area contributed by atoms with Gasteiger partial charge in [0.2, 0.25) is 11.8 Å². The first-order valence-corrected chi connectivity index (χ1v) is 10.1. The van der Waals surface area contributed by atoms with E-state index in [0.29, 0.717) is 23.2 Å². The van der Waals surface area contributed by atoms with Crippen LogP contribution in [0.15, 0.2) is 48.5 Å². The fraction of sp³-hybridized carbons (Fsp3) is 0.304. The van der Waals surface area contributed by atoms with Crippen LogP contribution in [0.4, 0.5) is 11.4 Å². The Morgan fingerprint density at radius 2 is 1.43 bits per heavy atom. The summed E-state index contributed by atoms with van der Waals surface area (Å²) < 4.78 is 0. The Morgan fingerprint density at radius 3 is 2.00 bits per heavy atom. The van der Waals surface area contributed by atoms with E-state index in [1.165, 1.54) is 23.1 Å². The highest BCUT2D eigenvalue weighted by Gasteiger charge is 2.61. The maximum absolute atomic E-state index is 12.9. The maximum atomic E-state index is 12.9. The average Bonchev–Trinajstić information content (AvgIpc) is 3.42. The highest BCUT2D eigenvalue weighted by Crippen LogP contribution is 2.56. The number of carboxylic acid groups (broad SMARTS) is 1. The molecule has 3 aliphatic rings. The summed E-state index contributed by atoms with van der Waals surface area (Å²) in [4.78, 5) is 50.8. The SMILES string of the molecule is O=C([O-])c1ccccc1C(=O)Nc1ccc(N2C(=O)[C@H]3[C@@H]4CC[C@@H](C4)[C@@H]3C2=O)cc1. The Morgan fingerprint density at radius 1 is 0.867 bits per heavy atom. The van der Waals surface area contributed by atoms with Gasteiger partial charge in [-0.05, 0) is 61.4 Å². The van der Waals surface area contributed by atoms with Gasteiger partial charge in [-0.3, -0.25) is 19.3 Å². The van der Waals surface area contributed by atoms with Crippen LogP contribution in [0.2, 0.25) is 0 Å². The molecule has 0 unspecified atom stereocenters. The second kappa shape index (κ2) is 6.79. The molecule has 30 heavy (non-hydrogen) atoms. The molecular weight excluding hydrogens is 384 g/mol. The molecule has 2 bridgehead atoms. The molecular formula is C23H19N2O5-. The zero-order valence-corrected chi connectivity index (χ0v) is 16.0. The molecule has 4 atom stereocenters. The number of rotatable bonds is 4. The van der Waals surface area contributed by atoms with E-state index in [0.717, 1.165) is 19.3 Å². The molecule has 0 aromatic heterocycles. The highest BCUT2D eigenvalue weighted by molar-refractivity contribution is 6.22. The molecule has 5 rings (SSSR count). The van der Waals surface area contributed by atoms with Crippen molar-refractivity contribution in [2.24, 2.45) is 23.7 Å². The summed E-state index contributed by atoms with van der Waals surface area (Å²) in [5.74, 6) is -1.96. The van der Waals surface area contributed by atoms with Crippen LogP contribution in [0.1, 0.15) is 40.0 Å². The number of benzene rings is 2. The molecule has 7 heteroatoms. The van der Waals surface area contributed by atoms with Gasteiger partial charge in [0.05, 0.1) is 23.5 Å². The molecule has 3 amide bonds. The van der Waals surface area contributed by atoms with Crippen molar-refractivity contribution in [2.45, 2.75) is 19.3 Å². The number of fused-ring (bicyclic) bond motifs is 5. The fourth-order valence-corrected chi connectivity index (χ4v) is 5.41. The molecule has 2 saturated carbocycles. The number of nitrogens with zero attached hydrogens (tertiary/aromatic N) is 1. The topological polar surface area (TPSA) is 107 Å². The molecule has 2 aromatic carbocycles. The van der Waals surface area contributed by atoms with E-state index < -0.39 is 11.9 Å². The molecule has 152 valence electrons. The van der Waals surface area contributed by atoms with Gasteiger partial charge in [0, 0.05) is 16.8 Å². The lowest BCUT2D eigenvalue weighted by molar-refractivity contribution is -0.255. The molecule has 2 aliphatic carbocycles. The molecule has 7 nitrogen and oxygen atoms in total. The second-order valence-corrected chi connectivity index (χ2v) is 8.23. The van der Waals surface area contributed by atoms with Gasteiger partial charge in [-0.2, -0.15) is 0 Å². The number of nitrogens with one attached hydrogen (secondary N) is 1. The van der Waals surface area contributed by atoms with E-state index in [-0.39, 0.29) is 34.8 Å². The minimum absolute atomic E-state index is 0.00484. The largest absolute Gasteiger partial charge is 0.545 e. The zero-order chi connectivity index (χ0) is 21.0. The van der Waals surface area contributed by atoms with Crippen molar-refractivity contribution < 1.29 is 24.3 Å². The van der Waals surface area contributed by atoms with E-state index >= 15 is 0 Å². The quantitative estimate of drug-likeness (QED) is 0.784. The Bertz CT molecular complexity index is 1050. The Balaban J connectivity index is 1.34. The van der Waals surface area contributed by atoms with Gasteiger partial charge in [0.15, 0.2) is 0 Å². The Labute approximate surface area is 172 Å². The lowest BCUT2D eigenvalue weighted by Crippen LogP contribution is -2.32. The van der Waals surface area contributed by atoms with Gasteiger partial charge in [0.25, 0.3) is 5.91 Å². The predicted molar refractivity (Wildman–Crippen MR) is 105 cm³/mol. The highest BCUT2D eigenvalue weighted by atomic mass is 16.4. The summed E-state index contributed by atoms with van der Waals surface area (Å²) in [6.45, 7) is 0. The van der Waals surface area contributed by atoms with Crippen LogP contribution >= 0.6 is 0 Å². The first kappa shape index (κ1) is 18.5. The van der Waals surface area contributed by atoms with E-state index in [2.05, 4.69) is 5.32 Å². The normalized spacial score (nSPS) is 26.7. The van der Waals surface area contributed by atoms with Gasteiger partial charge >= 0.3 is 0 Å². The van der Waals surface area contributed by atoms with Crippen molar-refractivity contribution in [2.75, 3.05) is 10.2 Å². The smallest absolute Gasteiger partial charge is 0.256 e. The minimum atomic E-state index is -1.43. The minimum Gasteiger partial charge on any atom is -0.545 e. The average molecular weight is 403 g/mol. The number of anilines is 2. The maximum Gasteiger partial charge on any atom is 0.256 e. The number of carboxylic acids is 1. The lowest BCUT2D eigenvalue weighted by Gasteiger charge is -2.19. The number of hydrogen-bond acceptors (Lipinski definition) is 5. The second-order valence-electron chi connectivity index (χ2n) is 8.23. The standard InChI is InChI=1S/C23H20N2O5/c26-20(16-3-1-2-4-17(16)23(29)30)24-14-7-9-15(10-8-14)25-21(27)18-12-5-6-13(11-12)19(18)22(25)28/h1-4,7-10,12-13,18-19H,5-6,11H2,(H,24,26)(H,29,30)/p-1/t12-,13+,18-,19-/m0/s1. The molecule has 3 fully saturated rings.